The third-order valence-electron chi connectivity index (χ3n) is 5.08. The first kappa shape index (κ1) is 22.0. The molecule has 31 heavy (non-hydrogen) atoms. The van der Waals surface area contributed by atoms with Crippen molar-refractivity contribution in [2.45, 2.75) is 27.3 Å². The van der Waals surface area contributed by atoms with Gasteiger partial charge in [-0.1, -0.05) is 18.2 Å². The average Bonchev–Trinajstić information content (AvgIpc) is 2.99. The van der Waals surface area contributed by atoms with E-state index in [0.29, 0.717) is 23.5 Å². The Balaban J connectivity index is 1.91. The third kappa shape index (κ3) is 5.09. The van der Waals surface area contributed by atoms with E-state index in [2.05, 4.69) is 20.7 Å². The van der Waals surface area contributed by atoms with Gasteiger partial charge in [0.2, 0.25) is 5.96 Å². The summed E-state index contributed by atoms with van der Waals surface area (Å²) >= 11 is 0. The fraction of sp³-hybridized carbons (Fsp3) is 0.261. The maximum atomic E-state index is 13.9. The largest absolute Gasteiger partial charge is 0.495 e. The highest BCUT2D eigenvalue weighted by Crippen LogP contribution is 2.23. The molecule has 0 atom stereocenters. The number of methoxy groups -OCH3 is 1. The minimum absolute atomic E-state index is 0.200. The molecule has 162 valence electrons. The molecule has 0 aliphatic heterocycles. The van der Waals surface area contributed by atoms with Gasteiger partial charge in [0, 0.05) is 23.9 Å². The van der Waals surface area contributed by atoms with Gasteiger partial charge in [-0.2, -0.15) is 5.10 Å². The molecule has 0 fully saturated rings. The number of nitrogens with one attached hydrogen (secondary N) is 2. The van der Waals surface area contributed by atoms with Crippen LogP contribution in [0, 0.1) is 26.6 Å². The van der Waals surface area contributed by atoms with E-state index in [0.717, 1.165) is 17.0 Å². The van der Waals surface area contributed by atoms with Gasteiger partial charge in [0.15, 0.2) is 0 Å². The highest BCUT2D eigenvalue weighted by molar-refractivity contribution is 6.10. The Morgan fingerprint density at radius 3 is 2.58 bits per heavy atom. The molecule has 2 N–H and O–H groups in total. The van der Waals surface area contributed by atoms with Gasteiger partial charge in [0.1, 0.15) is 11.6 Å². The number of guanidine groups is 1. The van der Waals surface area contributed by atoms with Crippen molar-refractivity contribution in [2.75, 3.05) is 12.4 Å². The number of rotatable bonds is 5. The van der Waals surface area contributed by atoms with E-state index in [4.69, 9.17) is 4.74 Å². The molecule has 0 radical (unpaired) electrons. The van der Waals surface area contributed by atoms with Crippen LogP contribution in [0.2, 0.25) is 0 Å². The number of para-hydroxylation sites is 2. The summed E-state index contributed by atoms with van der Waals surface area (Å²) in [5.41, 5.74) is 4.14. The van der Waals surface area contributed by atoms with Gasteiger partial charge in [0.05, 0.1) is 25.0 Å². The number of carbonyl (C=O) groups is 1. The fourth-order valence-corrected chi connectivity index (χ4v) is 3.10. The normalized spacial score (nSPS) is 11.4. The monoisotopic (exact) mass is 423 g/mol. The zero-order chi connectivity index (χ0) is 22.5. The van der Waals surface area contributed by atoms with E-state index in [1.807, 2.05) is 39.1 Å². The Bertz CT molecular complexity index is 1140. The zero-order valence-corrected chi connectivity index (χ0v) is 18.3. The first-order valence-corrected chi connectivity index (χ1v) is 9.81. The Hall–Kier alpha value is -3.68. The van der Waals surface area contributed by atoms with Crippen LogP contribution in [-0.4, -0.2) is 28.8 Å². The number of aromatic nitrogens is 2. The lowest BCUT2D eigenvalue weighted by atomic mass is 10.1. The number of aliphatic imine (C=N–C) groups is 1. The van der Waals surface area contributed by atoms with E-state index in [9.17, 15) is 9.18 Å². The summed E-state index contributed by atoms with van der Waals surface area (Å²) in [4.78, 5) is 17.3. The van der Waals surface area contributed by atoms with Crippen molar-refractivity contribution in [1.29, 1.82) is 0 Å². The molecule has 0 spiro atoms. The summed E-state index contributed by atoms with van der Waals surface area (Å²) in [7, 11) is 3.44. The van der Waals surface area contributed by atoms with Gasteiger partial charge in [-0.25, -0.2) is 9.38 Å². The van der Waals surface area contributed by atoms with Gasteiger partial charge in [0.25, 0.3) is 5.91 Å². The lowest BCUT2D eigenvalue weighted by molar-refractivity contribution is 0.0976. The SMILES string of the molecule is COc1ccccc1NC(=NCc1c(C)nn(C)c1C)NC(=O)c1ccc(C)c(F)c1. The van der Waals surface area contributed by atoms with E-state index < -0.39 is 11.7 Å². The number of amides is 1. The number of carbonyl (C=O) groups excluding carboxylic acids is 1. The van der Waals surface area contributed by atoms with Crippen molar-refractivity contribution in [3.8, 4) is 5.75 Å². The van der Waals surface area contributed by atoms with Crippen LogP contribution in [0.3, 0.4) is 0 Å². The minimum atomic E-state index is -0.473. The number of ether oxygens (including phenoxy) is 1. The number of benzene rings is 2. The second-order valence-electron chi connectivity index (χ2n) is 7.18. The molecule has 1 aromatic heterocycles. The van der Waals surface area contributed by atoms with Crippen LogP contribution in [0.25, 0.3) is 0 Å². The van der Waals surface area contributed by atoms with E-state index in [-0.39, 0.29) is 11.5 Å². The number of halogens is 1. The molecule has 2 aromatic carbocycles. The molecule has 1 heterocycles. The lowest BCUT2D eigenvalue weighted by Crippen LogP contribution is -2.36. The Kier molecular flexibility index (Phi) is 6.69. The van der Waals surface area contributed by atoms with Crippen LogP contribution >= 0.6 is 0 Å². The average molecular weight is 423 g/mol. The van der Waals surface area contributed by atoms with Gasteiger partial charge in [-0.3, -0.25) is 14.8 Å². The molecule has 1 amide bonds. The molecular formula is C23H26FN5O2. The smallest absolute Gasteiger partial charge is 0.258 e. The molecule has 3 aromatic rings. The number of aryl methyl sites for hydroxylation is 3. The molecule has 0 unspecified atom stereocenters. The van der Waals surface area contributed by atoms with Crippen LogP contribution in [0.15, 0.2) is 47.5 Å². The summed E-state index contributed by atoms with van der Waals surface area (Å²) < 4.78 is 21.1. The Labute approximate surface area is 181 Å². The molecule has 0 saturated carbocycles. The van der Waals surface area contributed by atoms with E-state index >= 15 is 0 Å². The van der Waals surface area contributed by atoms with Crippen LogP contribution in [0.5, 0.6) is 5.75 Å². The quantitative estimate of drug-likeness (QED) is 0.482. The molecule has 0 bridgehead atoms. The second-order valence-corrected chi connectivity index (χ2v) is 7.18. The molecule has 0 saturated heterocycles. The Morgan fingerprint density at radius 2 is 1.94 bits per heavy atom. The van der Waals surface area contributed by atoms with Crippen molar-refractivity contribution >= 4 is 17.6 Å². The zero-order valence-electron chi connectivity index (χ0n) is 18.3. The number of nitrogens with zero attached hydrogens (tertiary/aromatic N) is 3. The second kappa shape index (κ2) is 9.42. The molecular weight excluding hydrogens is 397 g/mol. The summed E-state index contributed by atoms with van der Waals surface area (Å²) in [6.07, 6.45) is 0. The molecule has 3 rings (SSSR count). The van der Waals surface area contributed by atoms with Crippen molar-refractivity contribution < 1.29 is 13.9 Å². The van der Waals surface area contributed by atoms with Crippen LogP contribution in [-0.2, 0) is 13.6 Å². The predicted molar refractivity (Wildman–Crippen MR) is 119 cm³/mol. The first-order valence-electron chi connectivity index (χ1n) is 9.81. The van der Waals surface area contributed by atoms with Crippen LogP contribution < -0.4 is 15.4 Å². The van der Waals surface area contributed by atoms with Crippen molar-refractivity contribution in [3.05, 3.63) is 76.4 Å². The number of hydrogen-bond acceptors (Lipinski definition) is 4. The predicted octanol–water partition coefficient (Wildman–Crippen LogP) is 3.89. The maximum absolute atomic E-state index is 13.9. The van der Waals surface area contributed by atoms with Gasteiger partial charge in [-0.15, -0.1) is 0 Å². The van der Waals surface area contributed by atoms with Gasteiger partial charge in [-0.05, 0) is 50.6 Å². The minimum Gasteiger partial charge on any atom is -0.495 e. The molecule has 0 aliphatic carbocycles. The third-order valence-corrected chi connectivity index (χ3v) is 5.08. The standard InChI is InChI=1S/C23H26FN5O2/c1-14-10-11-17(12-19(14)24)22(30)27-23(26-20-8-6-7-9-21(20)31-5)25-13-18-15(2)28-29(4)16(18)3/h6-12H,13H2,1-5H3,(H2,25,26,27,30). The summed E-state index contributed by atoms with van der Waals surface area (Å²) in [5.74, 6) is -0.0946. The van der Waals surface area contributed by atoms with E-state index in [1.54, 1.807) is 36.9 Å². The number of hydrogen-bond donors (Lipinski definition) is 2. The lowest BCUT2D eigenvalue weighted by Gasteiger charge is -2.14. The van der Waals surface area contributed by atoms with Crippen molar-refractivity contribution in [3.63, 3.8) is 0 Å². The fourth-order valence-electron chi connectivity index (χ4n) is 3.10. The van der Waals surface area contributed by atoms with Crippen LogP contribution in [0.1, 0.15) is 32.9 Å². The Morgan fingerprint density at radius 1 is 1.19 bits per heavy atom. The highest BCUT2D eigenvalue weighted by atomic mass is 19.1. The summed E-state index contributed by atoms with van der Waals surface area (Å²) in [6, 6.07) is 11.6. The summed E-state index contributed by atoms with van der Waals surface area (Å²) in [5, 5.41) is 10.3. The molecule has 0 aliphatic rings. The van der Waals surface area contributed by atoms with Crippen molar-refractivity contribution in [1.82, 2.24) is 15.1 Å². The van der Waals surface area contributed by atoms with Gasteiger partial charge < -0.3 is 10.1 Å². The van der Waals surface area contributed by atoms with Crippen LogP contribution in [0.4, 0.5) is 10.1 Å². The van der Waals surface area contributed by atoms with Gasteiger partial charge >= 0.3 is 0 Å². The molecule has 8 heteroatoms. The maximum Gasteiger partial charge on any atom is 0.258 e. The number of anilines is 1. The molecule has 7 nitrogen and oxygen atoms in total. The summed E-state index contributed by atoms with van der Waals surface area (Å²) in [6.45, 7) is 5.84. The highest BCUT2D eigenvalue weighted by Gasteiger charge is 2.14. The van der Waals surface area contributed by atoms with E-state index in [1.165, 1.54) is 6.07 Å². The van der Waals surface area contributed by atoms with Crippen molar-refractivity contribution in [2.24, 2.45) is 12.0 Å². The first-order chi connectivity index (χ1) is 14.8. The topological polar surface area (TPSA) is 80.5 Å².